The average Bonchev–Trinajstić information content (AvgIpc) is 3.09. The molecule has 0 aliphatic carbocycles. The second-order valence-corrected chi connectivity index (χ2v) is 6.07. The molecule has 0 radical (unpaired) electrons. The summed E-state index contributed by atoms with van der Waals surface area (Å²) in [6.07, 6.45) is 2.32. The Morgan fingerprint density at radius 3 is 2.77 bits per heavy atom. The molecule has 0 saturated heterocycles. The van der Waals surface area contributed by atoms with Gasteiger partial charge < -0.3 is 19.9 Å². The van der Waals surface area contributed by atoms with Gasteiger partial charge in [0.15, 0.2) is 11.8 Å². The molecule has 2 aromatic rings. The molecule has 9 heteroatoms. The largest absolute Gasteiger partial charge is 0.377 e. The van der Waals surface area contributed by atoms with E-state index in [0.717, 1.165) is 12.5 Å². The fourth-order valence-electron chi connectivity index (χ4n) is 1.92. The maximum Gasteiger partial charge on any atom is 0.276 e. The molecule has 0 atom stereocenters. The van der Waals surface area contributed by atoms with Gasteiger partial charge in [0.05, 0.1) is 12.1 Å². The van der Waals surface area contributed by atoms with Gasteiger partial charge in [-0.2, -0.15) is 4.98 Å². The lowest BCUT2D eigenvalue weighted by molar-refractivity contribution is 0.0310. The van der Waals surface area contributed by atoms with E-state index in [0.29, 0.717) is 36.9 Å². The van der Waals surface area contributed by atoms with Crippen LogP contribution in [0, 0.1) is 0 Å². The molecule has 2 N–H and O–H groups in total. The summed E-state index contributed by atoms with van der Waals surface area (Å²) < 4.78 is 10.6. The summed E-state index contributed by atoms with van der Waals surface area (Å²) in [4.78, 5) is 13.1. The number of ether oxygens (including phenoxy) is 1. The van der Waals surface area contributed by atoms with Gasteiger partial charge in [-0.15, -0.1) is 24.0 Å². The van der Waals surface area contributed by atoms with Crippen molar-refractivity contribution in [2.45, 2.75) is 32.8 Å². The Morgan fingerprint density at radius 1 is 1.31 bits per heavy atom. The van der Waals surface area contributed by atoms with Gasteiger partial charge in [0.2, 0.25) is 0 Å². The highest BCUT2D eigenvalue weighted by Crippen LogP contribution is 2.13. The minimum Gasteiger partial charge on any atom is -0.377 e. The van der Waals surface area contributed by atoms with Gasteiger partial charge in [-0.05, 0) is 32.9 Å². The van der Waals surface area contributed by atoms with Gasteiger partial charge in [-0.3, -0.25) is 9.98 Å². The molecule has 0 spiro atoms. The van der Waals surface area contributed by atoms with Gasteiger partial charge in [0.25, 0.3) is 5.89 Å². The van der Waals surface area contributed by atoms with E-state index in [9.17, 15) is 0 Å². The molecule has 26 heavy (non-hydrogen) atoms. The van der Waals surface area contributed by atoms with Crippen LogP contribution in [-0.2, 0) is 11.2 Å². The van der Waals surface area contributed by atoms with Crippen LogP contribution in [0.25, 0.3) is 11.6 Å². The molecule has 2 rings (SSSR count). The van der Waals surface area contributed by atoms with Crippen molar-refractivity contribution in [3.63, 3.8) is 0 Å². The lowest BCUT2D eigenvalue weighted by Gasteiger charge is -2.21. The van der Waals surface area contributed by atoms with Crippen LogP contribution in [0.1, 0.15) is 26.6 Å². The third-order valence-electron chi connectivity index (χ3n) is 3.51. The van der Waals surface area contributed by atoms with E-state index in [1.165, 1.54) is 0 Å². The number of nitrogens with one attached hydrogen (secondary N) is 2. The zero-order valence-electron chi connectivity index (χ0n) is 15.7. The quantitative estimate of drug-likeness (QED) is 0.344. The first-order valence-corrected chi connectivity index (χ1v) is 8.35. The maximum atomic E-state index is 5.38. The Kier molecular flexibility index (Phi) is 9.49. The topological polar surface area (TPSA) is 97.5 Å². The van der Waals surface area contributed by atoms with Gasteiger partial charge >= 0.3 is 0 Å². The molecule has 144 valence electrons. The van der Waals surface area contributed by atoms with E-state index in [1.807, 2.05) is 39.0 Å². The van der Waals surface area contributed by atoms with Crippen molar-refractivity contribution in [1.29, 1.82) is 0 Å². The van der Waals surface area contributed by atoms with Crippen LogP contribution < -0.4 is 10.6 Å². The summed E-state index contributed by atoms with van der Waals surface area (Å²) in [5.74, 6) is 1.79. The van der Waals surface area contributed by atoms with E-state index in [4.69, 9.17) is 9.26 Å². The van der Waals surface area contributed by atoms with Crippen LogP contribution in [-0.4, -0.2) is 53.4 Å². The highest BCUT2D eigenvalue weighted by Gasteiger charge is 2.15. The van der Waals surface area contributed by atoms with E-state index < -0.39 is 0 Å². The molecule has 0 aliphatic rings. The van der Waals surface area contributed by atoms with Crippen LogP contribution in [0.3, 0.4) is 0 Å². The van der Waals surface area contributed by atoms with Crippen molar-refractivity contribution in [1.82, 2.24) is 25.8 Å². The van der Waals surface area contributed by atoms with E-state index in [-0.39, 0.29) is 29.6 Å². The lowest BCUT2D eigenvalue weighted by Crippen LogP contribution is -2.40. The van der Waals surface area contributed by atoms with E-state index in [1.54, 1.807) is 13.3 Å². The van der Waals surface area contributed by atoms with Gasteiger partial charge in [-0.1, -0.05) is 11.2 Å². The number of guanidine groups is 1. The Hall–Kier alpha value is -1.75. The molecule has 0 amide bonds. The number of hydrogen-bond acceptors (Lipinski definition) is 6. The summed E-state index contributed by atoms with van der Waals surface area (Å²) >= 11 is 0. The normalized spacial score (nSPS) is 11.8. The third-order valence-corrected chi connectivity index (χ3v) is 3.51. The van der Waals surface area contributed by atoms with Crippen molar-refractivity contribution < 1.29 is 9.26 Å². The standard InChI is InChI=1S/C17H26N6O2.HI/c1-5-18-16(21-12-17(2,3)24-4)20-11-9-14-22-15(25-23-14)13-8-6-7-10-19-13;/h6-8,10H,5,9,11-12H2,1-4H3,(H2,18,20,21);1H. The van der Waals surface area contributed by atoms with Crippen LogP contribution >= 0.6 is 24.0 Å². The lowest BCUT2D eigenvalue weighted by atomic mass is 10.1. The molecule has 2 aromatic heterocycles. The van der Waals surface area contributed by atoms with E-state index >= 15 is 0 Å². The fraction of sp³-hybridized carbons (Fsp3) is 0.529. The number of aliphatic imine (C=N–C) groups is 1. The zero-order chi connectivity index (χ0) is 18.1. The number of aromatic nitrogens is 3. The first-order chi connectivity index (χ1) is 12.0. The minimum atomic E-state index is -0.298. The SMILES string of the molecule is CCNC(=NCC(C)(C)OC)NCCc1noc(-c2ccccn2)n1.I. The summed E-state index contributed by atoms with van der Waals surface area (Å²) in [5.41, 5.74) is 0.374. The van der Waals surface area contributed by atoms with Gasteiger partial charge in [-0.25, -0.2) is 0 Å². The molecule has 0 aliphatic heterocycles. The van der Waals surface area contributed by atoms with E-state index in [2.05, 4.69) is 30.8 Å². The molecule has 0 aromatic carbocycles. The van der Waals surface area contributed by atoms with Crippen LogP contribution in [0.4, 0.5) is 0 Å². The minimum absolute atomic E-state index is 0. The smallest absolute Gasteiger partial charge is 0.276 e. The number of nitrogens with zero attached hydrogens (tertiary/aromatic N) is 4. The number of halogens is 1. The Labute approximate surface area is 171 Å². The number of methoxy groups -OCH3 is 1. The third kappa shape index (κ3) is 7.24. The van der Waals surface area contributed by atoms with Crippen molar-refractivity contribution >= 4 is 29.9 Å². The van der Waals surface area contributed by atoms with Crippen LogP contribution in [0.15, 0.2) is 33.9 Å². The van der Waals surface area contributed by atoms with Crippen molar-refractivity contribution in [2.24, 2.45) is 4.99 Å². The summed E-state index contributed by atoms with van der Waals surface area (Å²) in [6, 6.07) is 5.56. The van der Waals surface area contributed by atoms with Crippen molar-refractivity contribution in [3.05, 3.63) is 30.2 Å². The molecular weight excluding hydrogens is 447 g/mol. The average molecular weight is 474 g/mol. The van der Waals surface area contributed by atoms with Crippen molar-refractivity contribution in [3.8, 4) is 11.6 Å². The molecule has 0 bridgehead atoms. The maximum absolute atomic E-state index is 5.38. The molecular formula is C17H27IN6O2. The van der Waals surface area contributed by atoms with Crippen molar-refractivity contribution in [2.75, 3.05) is 26.7 Å². The van der Waals surface area contributed by atoms with Crippen LogP contribution in [0.2, 0.25) is 0 Å². The molecule has 0 saturated carbocycles. The Bertz CT molecular complexity index is 675. The first kappa shape index (κ1) is 22.3. The first-order valence-electron chi connectivity index (χ1n) is 8.35. The number of rotatable bonds is 8. The van der Waals surface area contributed by atoms with Crippen LogP contribution in [0.5, 0.6) is 0 Å². The summed E-state index contributed by atoms with van der Waals surface area (Å²) in [5, 5.41) is 10.5. The second-order valence-electron chi connectivity index (χ2n) is 6.07. The highest BCUT2D eigenvalue weighted by molar-refractivity contribution is 14.0. The zero-order valence-corrected chi connectivity index (χ0v) is 18.0. The number of hydrogen-bond donors (Lipinski definition) is 2. The molecule has 0 unspecified atom stereocenters. The second kappa shape index (κ2) is 11.1. The predicted octanol–water partition coefficient (Wildman–Crippen LogP) is 2.27. The summed E-state index contributed by atoms with van der Waals surface area (Å²) in [7, 11) is 1.69. The Balaban J connectivity index is 0.00000338. The number of pyridine rings is 1. The van der Waals surface area contributed by atoms with Gasteiger partial charge in [0, 0.05) is 32.8 Å². The Morgan fingerprint density at radius 2 is 2.12 bits per heavy atom. The molecule has 0 fully saturated rings. The highest BCUT2D eigenvalue weighted by atomic mass is 127. The fourth-order valence-corrected chi connectivity index (χ4v) is 1.92. The monoisotopic (exact) mass is 474 g/mol. The van der Waals surface area contributed by atoms with Gasteiger partial charge in [0.1, 0.15) is 5.69 Å². The molecule has 8 nitrogen and oxygen atoms in total. The predicted molar refractivity (Wildman–Crippen MR) is 112 cm³/mol. The summed E-state index contributed by atoms with van der Waals surface area (Å²) in [6.45, 7) is 8.00. The molecule has 2 heterocycles.